The van der Waals surface area contributed by atoms with Gasteiger partial charge < -0.3 is 0 Å². The lowest BCUT2D eigenvalue weighted by Crippen LogP contribution is -1.89. The second kappa shape index (κ2) is 5.52. The van der Waals surface area contributed by atoms with Crippen LogP contribution >= 0.6 is 0 Å². The van der Waals surface area contributed by atoms with Crippen molar-refractivity contribution in [3.05, 3.63) is 77.9 Å². The molecule has 0 radical (unpaired) electrons. The number of nitrogens with zero attached hydrogens (tertiary/aromatic N) is 1. The summed E-state index contributed by atoms with van der Waals surface area (Å²) in [6.07, 6.45) is 2.42. The van der Waals surface area contributed by atoms with E-state index in [0.29, 0.717) is 5.69 Å². The molecule has 20 heavy (non-hydrogen) atoms. The van der Waals surface area contributed by atoms with E-state index in [1.165, 1.54) is 21.9 Å². The maximum atomic E-state index is 10.2. The molecule has 0 bridgehead atoms. The molecule has 0 heterocycles. The largest absolute Gasteiger partial charge is 0.240 e. The van der Waals surface area contributed by atoms with Gasteiger partial charge in [0.1, 0.15) is 0 Å². The van der Waals surface area contributed by atoms with Crippen molar-refractivity contribution in [3.8, 4) is 0 Å². The van der Waals surface area contributed by atoms with E-state index in [2.05, 4.69) is 47.5 Å². The van der Waals surface area contributed by atoms with Crippen LogP contribution in [0.4, 0.5) is 5.69 Å². The van der Waals surface area contributed by atoms with Crippen LogP contribution in [0, 0.1) is 0 Å². The predicted molar refractivity (Wildman–Crippen MR) is 81.0 cm³/mol. The highest BCUT2D eigenvalue weighted by Crippen LogP contribution is 2.22. The summed E-state index contributed by atoms with van der Waals surface area (Å²) in [5, 5.41) is 2.54. The van der Waals surface area contributed by atoms with Gasteiger partial charge in [-0.3, -0.25) is 0 Å². The molecule has 0 aliphatic heterocycles. The van der Waals surface area contributed by atoms with Crippen LogP contribution in [0.2, 0.25) is 0 Å². The van der Waals surface area contributed by atoms with Gasteiger partial charge >= 0.3 is 0 Å². The van der Waals surface area contributed by atoms with Gasteiger partial charge in [-0.2, -0.15) is 4.99 Å². The molecule has 2 nitrogen and oxygen atoms in total. The summed E-state index contributed by atoms with van der Waals surface area (Å²) in [6.45, 7) is 0. The lowest BCUT2D eigenvalue weighted by molar-refractivity contribution is 0.565. The van der Waals surface area contributed by atoms with Crippen LogP contribution in [0.1, 0.15) is 11.1 Å². The molecular weight excluding hydrogens is 246 g/mol. The van der Waals surface area contributed by atoms with Gasteiger partial charge in [0.05, 0.1) is 5.69 Å². The van der Waals surface area contributed by atoms with Crippen LogP contribution in [-0.4, -0.2) is 6.08 Å². The number of benzene rings is 3. The number of fused-ring (bicyclic) bond motifs is 1. The molecule has 0 aliphatic carbocycles. The third-order valence-electron chi connectivity index (χ3n) is 3.39. The van der Waals surface area contributed by atoms with Gasteiger partial charge in [0, 0.05) is 0 Å². The lowest BCUT2D eigenvalue weighted by atomic mass is 9.98. The third kappa shape index (κ3) is 2.51. The summed E-state index contributed by atoms with van der Waals surface area (Å²) in [4.78, 5) is 13.8. The topological polar surface area (TPSA) is 29.4 Å². The average molecular weight is 259 g/mol. The molecule has 3 aromatic carbocycles. The van der Waals surface area contributed by atoms with E-state index in [9.17, 15) is 4.79 Å². The van der Waals surface area contributed by atoms with Crippen LogP contribution in [0.5, 0.6) is 0 Å². The standard InChI is InChI=1S/C18H13NO/c20-13-19-17-10-8-14(9-11-17)12-16-6-3-5-15-4-1-2-7-18(15)16/h1-11H,12H2. The molecule has 0 spiro atoms. The first-order valence-corrected chi connectivity index (χ1v) is 6.50. The Morgan fingerprint density at radius 1 is 0.850 bits per heavy atom. The third-order valence-corrected chi connectivity index (χ3v) is 3.39. The predicted octanol–water partition coefficient (Wildman–Crippen LogP) is 4.40. The van der Waals surface area contributed by atoms with E-state index in [1.807, 2.05) is 24.3 Å². The summed E-state index contributed by atoms with van der Waals surface area (Å²) >= 11 is 0. The fraction of sp³-hybridized carbons (Fsp3) is 0.0556. The van der Waals surface area contributed by atoms with Crippen LogP contribution < -0.4 is 0 Å². The van der Waals surface area contributed by atoms with Crippen molar-refractivity contribution in [3.63, 3.8) is 0 Å². The van der Waals surface area contributed by atoms with Gasteiger partial charge in [0.2, 0.25) is 6.08 Å². The van der Waals surface area contributed by atoms with Gasteiger partial charge in [0.15, 0.2) is 0 Å². The van der Waals surface area contributed by atoms with Crippen molar-refractivity contribution in [2.75, 3.05) is 0 Å². The van der Waals surface area contributed by atoms with Crippen molar-refractivity contribution < 1.29 is 4.79 Å². The number of hydrogen-bond acceptors (Lipinski definition) is 2. The molecule has 0 saturated heterocycles. The maximum Gasteiger partial charge on any atom is 0.240 e. The van der Waals surface area contributed by atoms with E-state index in [-0.39, 0.29) is 0 Å². The Bertz CT molecular complexity index is 779. The Labute approximate surface area is 117 Å². The van der Waals surface area contributed by atoms with Gasteiger partial charge in [-0.05, 0) is 40.5 Å². The monoisotopic (exact) mass is 259 g/mol. The Hall–Kier alpha value is -2.70. The summed E-state index contributed by atoms with van der Waals surface area (Å²) in [7, 11) is 0. The summed E-state index contributed by atoms with van der Waals surface area (Å²) in [5.41, 5.74) is 3.14. The number of aliphatic imine (C=N–C) groups is 1. The molecule has 96 valence electrons. The van der Waals surface area contributed by atoms with Crippen molar-refractivity contribution in [2.24, 2.45) is 4.99 Å². The molecule has 2 heteroatoms. The molecule has 0 saturated carbocycles. The van der Waals surface area contributed by atoms with Crippen LogP contribution in [0.15, 0.2) is 71.7 Å². The molecule has 0 aromatic heterocycles. The molecular formula is C18H13NO. The lowest BCUT2D eigenvalue weighted by Gasteiger charge is -2.07. The van der Waals surface area contributed by atoms with Crippen molar-refractivity contribution >= 4 is 22.5 Å². The van der Waals surface area contributed by atoms with Gasteiger partial charge in [-0.25, -0.2) is 4.79 Å². The van der Waals surface area contributed by atoms with Crippen molar-refractivity contribution in [1.29, 1.82) is 0 Å². The molecule has 0 fully saturated rings. The molecule has 3 rings (SSSR count). The van der Waals surface area contributed by atoms with Gasteiger partial charge in [-0.15, -0.1) is 0 Å². The molecule has 3 aromatic rings. The van der Waals surface area contributed by atoms with Gasteiger partial charge in [-0.1, -0.05) is 54.6 Å². The minimum absolute atomic E-state index is 0.640. The van der Waals surface area contributed by atoms with E-state index >= 15 is 0 Å². The first-order chi connectivity index (χ1) is 9.86. The zero-order valence-corrected chi connectivity index (χ0v) is 10.9. The van der Waals surface area contributed by atoms with Crippen molar-refractivity contribution in [1.82, 2.24) is 0 Å². The Morgan fingerprint density at radius 3 is 2.40 bits per heavy atom. The van der Waals surface area contributed by atoms with Crippen molar-refractivity contribution in [2.45, 2.75) is 6.42 Å². The minimum atomic E-state index is 0.640. The summed E-state index contributed by atoms with van der Waals surface area (Å²) in [5.74, 6) is 0. The van der Waals surface area contributed by atoms with E-state index < -0.39 is 0 Å². The van der Waals surface area contributed by atoms with Crippen LogP contribution in [0.3, 0.4) is 0 Å². The second-order valence-corrected chi connectivity index (χ2v) is 4.68. The summed E-state index contributed by atoms with van der Waals surface area (Å²) < 4.78 is 0. The van der Waals surface area contributed by atoms with E-state index in [0.717, 1.165) is 6.42 Å². The zero-order valence-electron chi connectivity index (χ0n) is 10.9. The zero-order chi connectivity index (χ0) is 13.8. The number of isocyanates is 1. The second-order valence-electron chi connectivity index (χ2n) is 4.68. The van der Waals surface area contributed by atoms with Gasteiger partial charge in [0.25, 0.3) is 0 Å². The Kier molecular flexibility index (Phi) is 3.40. The normalized spacial score (nSPS) is 10.2. The highest BCUT2D eigenvalue weighted by molar-refractivity contribution is 5.85. The smallest absolute Gasteiger partial charge is 0.211 e. The molecule has 0 aliphatic rings. The number of carbonyl (C=O) groups excluding carboxylic acids is 1. The molecule has 0 amide bonds. The Balaban J connectivity index is 1.95. The molecule has 0 N–H and O–H groups in total. The minimum Gasteiger partial charge on any atom is -0.211 e. The maximum absolute atomic E-state index is 10.2. The molecule has 0 unspecified atom stereocenters. The first kappa shape index (κ1) is 12.3. The number of hydrogen-bond donors (Lipinski definition) is 0. The summed E-state index contributed by atoms with van der Waals surface area (Å²) in [6, 6.07) is 22.4. The fourth-order valence-electron chi connectivity index (χ4n) is 2.41. The van der Waals surface area contributed by atoms with Crippen LogP contribution in [0.25, 0.3) is 10.8 Å². The number of rotatable bonds is 3. The SMILES string of the molecule is O=C=Nc1ccc(Cc2cccc3ccccc23)cc1. The van der Waals surface area contributed by atoms with E-state index in [4.69, 9.17) is 0 Å². The Morgan fingerprint density at radius 2 is 1.60 bits per heavy atom. The first-order valence-electron chi connectivity index (χ1n) is 6.50. The average Bonchev–Trinajstić information content (AvgIpc) is 2.50. The molecule has 0 atom stereocenters. The quantitative estimate of drug-likeness (QED) is 0.506. The highest BCUT2D eigenvalue weighted by Gasteiger charge is 2.02. The fourth-order valence-corrected chi connectivity index (χ4v) is 2.41. The van der Waals surface area contributed by atoms with Crippen LogP contribution in [-0.2, 0) is 11.2 Å². The highest BCUT2D eigenvalue weighted by atomic mass is 16.1. The van der Waals surface area contributed by atoms with E-state index in [1.54, 1.807) is 6.08 Å².